The van der Waals surface area contributed by atoms with E-state index in [0.29, 0.717) is 0 Å². The fourth-order valence-electron chi connectivity index (χ4n) is 2.78. The molecule has 2 heterocycles. The van der Waals surface area contributed by atoms with Crippen LogP contribution < -0.4 is 10.6 Å². The van der Waals surface area contributed by atoms with Crippen LogP contribution in [-0.4, -0.2) is 25.7 Å². The van der Waals surface area contributed by atoms with Crippen molar-refractivity contribution in [3.05, 3.63) is 24.3 Å². The highest BCUT2D eigenvalue weighted by atomic mass is 16.5. The van der Waals surface area contributed by atoms with Crippen molar-refractivity contribution in [3.8, 4) is 0 Å². The van der Waals surface area contributed by atoms with E-state index in [1.807, 2.05) is 0 Å². The number of hydrogen-bond donors (Lipinski definition) is 2. The second-order valence-electron chi connectivity index (χ2n) is 5.58. The molecular formula is C16H24N2O2. The van der Waals surface area contributed by atoms with Gasteiger partial charge in [0.25, 0.3) is 0 Å². The van der Waals surface area contributed by atoms with Crippen LogP contribution >= 0.6 is 0 Å². The molecule has 2 saturated heterocycles. The molecule has 110 valence electrons. The Kier molecular flexibility index (Phi) is 4.77. The normalized spacial score (nSPS) is 27.0. The van der Waals surface area contributed by atoms with Crippen molar-refractivity contribution in [2.24, 2.45) is 0 Å². The van der Waals surface area contributed by atoms with E-state index < -0.39 is 0 Å². The highest BCUT2D eigenvalue weighted by Gasteiger charge is 2.15. The Labute approximate surface area is 120 Å². The molecule has 2 N–H and O–H groups in total. The summed E-state index contributed by atoms with van der Waals surface area (Å²) in [5, 5.41) is 6.91. The number of anilines is 2. The minimum Gasteiger partial charge on any atom is -0.360 e. The lowest BCUT2D eigenvalue weighted by Crippen LogP contribution is -2.28. The second kappa shape index (κ2) is 6.95. The summed E-state index contributed by atoms with van der Waals surface area (Å²) < 4.78 is 11.4. The molecule has 0 spiro atoms. The van der Waals surface area contributed by atoms with E-state index >= 15 is 0 Å². The molecule has 3 rings (SSSR count). The molecule has 20 heavy (non-hydrogen) atoms. The van der Waals surface area contributed by atoms with Gasteiger partial charge in [-0.2, -0.15) is 0 Å². The van der Waals surface area contributed by atoms with E-state index in [2.05, 4.69) is 34.9 Å². The maximum Gasteiger partial charge on any atom is 0.127 e. The highest BCUT2D eigenvalue weighted by Crippen LogP contribution is 2.22. The Morgan fingerprint density at radius 2 is 1.35 bits per heavy atom. The Balaban J connectivity index is 1.57. The van der Waals surface area contributed by atoms with Gasteiger partial charge in [0.2, 0.25) is 0 Å². The van der Waals surface area contributed by atoms with Crippen LogP contribution in [-0.2, 0) is 9.47 Å². The van der Waals surface area contributed by atoms with Crippen LogP contribution in [0.1, 0.15) is 38.5 Å². The van der Waals surface area contributed by atoms with E-state index in [4.69, 9.17) is 9.47 Å². The first-order valence-electron chi connectivity index (χ1n) is 7.76. The average molecular weight is 276 g/mol. The van der Waals surface area contributed by atoms with E-state index in [1.165, 1.54) is 25.7 Å². The predicted octanol–water partition coefficient (Wildman–Crippen LogP) is 3.56. The van der Waals surface area contributed by atoms with Gasteiger partial charge in [0.05, 0.1) is 0 Å². The molecule has 1 aromatic carbocycles. The zero-order valence-corrected chi connectivity index (χ0v) is 11.9. The van der Waals surface area contributed by atoms with Crippen molar-refractivity contribution in [2.45, 2.75) is 51.0 Å². The highest BCUT2D eigenvalue weighted by molar-refractivity contribution is 5.57. The maximum atomic E-state index is 5.72. The third-order valence-corrected chi connectivity index (χ3v) is 3.88. The van der Waals surface area contributed by atoms with E-state index in [1.54, 1.807) is 0 Å². The molecule has 2 unspecified atom stereocenters. The SMILES string of the molecule is c1cc(NC2CCCCO2)cc(NC2CCCCO2)c1. The summed E-state index contributed by atoms with van der Waals surface area (Å²) in [5.41, 5.74) is 2.22. The van der Waals surface area contributed by atoms with Gasteiger partial charge in [-0.3, -0.25) is 0 Å². The molecule has 0 amide bonds. The predicted molar refractivity (Wildman–Crippen MR) is 80.9 cm³/mol. The Morgan fingerprint density at radius 1 is 0.800 bits per heavy atom. The molecule has 4 heteroatoms. The van der Waals surface area contributed by atoms with Crippen LogP contribution in [0.4, 0.5) is 11.4 Å². The number of rotatable bonds is 4. The van der Waals surface area contributed by atoms with Crippen molar-refractivity contribution < 1.29 is 9.47 Å². The zero-order valence-electron chi connectivity index (χ0n) is 11.9. The van der Waals surface area contributed by atoms with Crippen LogP contribution in [0.3, 0.4) is 0 Å². The Bertz CT molecular complexity index is 377. The number of hydrogen-bond acceptors (Lipinski definition) is 4. The summed E-state index contributed by atoms with van der Waals surface area (Å²) in [4.78, 5) is 0. The van der Waals surface area contributed by atoms with Gasteiger partial charge in [-0.15, -0.1) is 0 Å². The van der Waals surface area contributed by atoms with Crippen molar-refractivity contribution in [1.82, 2.24) is 0 Å². The molecule has 0 saturated carbocycles. The molecule has 2 fully saturated rings. The first-order valence-corrected chi connectivity index (χ1v) is 7.76. The fourth-order valence-corrected chi connectivity index (χ4v) is 2.78. The van der Waals surface area contributed by atoms with Gasteiger partial charge >= 0.3 is 0 Å². The number of benzene rings is 1. The first-order chi connectivity index (χ1) is 9.90. The van der Waals surface area contributed by atoms with Gasteiger partial charge in [-0.25, -0.2) is 0 Å². The van der Waals surface area contributed by atoms with Crippen molar-refractivity contribution in [1.29, 1.82) is 0 Å². The third kappa shape index (κ3) is 3.87. The second-order valence-corrected chi connectivity index (χ2v) is 5.58. The van der Waals surface area contributed by atoms with Crippen molar-refractivity contribution in [3.63, 3.8) is 0 Å². The minimum absolute atomic E-state index is 0.157. The summed E-state index contributed by atoms with van der Waals surface area (Å²) in [6, 6.07) is 8.38. The lowest BCUT2D eigenvalue weighted by Gasteiger charge is -2.26. The molecule has 2 aliphatic rings. The first kappa shape index (κ1) is 13.7. The van der Waals surface area contributed by atoms with Crippen LogP contribution in [0.5, 0.6) is 0 Å². The van der Waals surface area contributed by atoms with Crippen LogP contribution in [0.25, 0.3) is 0 Å². The van der Waals surface area contributed by atoms with Crippen LogP contribution in [0.15, 0.2) is 24.3 Å². The van der Waals surface area contributed by atoms with Gasteiger partial charge in [0.1, 0.15) is 12.5 Å². The number of nitrogens with one attached hydrogen (secondary N) is 2. The fraction of sp³-hybridized carbons (Fsp3) is 0.625. The lowest BCUT2D eigenvalue weighted by atomic mass is 10.1. The number of ether oxygens (including phenoxy) is 2. The van der Waals surface area contributed by atoms with E-state index in [0.717, 1.165) is 37.4 Å². The third-order valence-electron chi connectivity index (χ3n) is 3.88. The standard InChI is InChI=1S/C16H24N2O2/c1-3-10-19-15(8-1)17-13-6-5-7-14(12-13)18-16-9-2-4-11-20-16/h5-7,12,15-18H,1-4,8-11H2. The van der Waals surface area contributed by atoms with Crippen molar-refractivity contribution in [2.75, 3.05) is 23.8 Å². The Hall–Kier alpha value is -1.26. The van der Waals surface area contributed by atoms with Gasteiger partial charge in [0, 0.05) is 24.6 Å². The summed E-state index contributed by atoms with van der Waals surface area (Å²) in [7, 11) is 0. The van der Waals surface area contributed by atoms with Gasteiger partial charge in [-0.05, 0) is 56.7 Å². The van der Waals surface area contributed by atoms with Gasteiger partial charge in [0.15, 0.2) is 0 Å². The summed E-state index contributed by atoms with van der Waals surface area (Å²) in [5.74, 6) is 0. The minimum atomic E-state index is 0.157. The van der Waals surface area contributed by atoms with Gasteiger partial charge < -0.3 is 20.1 Å². The molecule has 2 atom stereocenters. The molecule has 0 bridgehead atoms. The summed E-state index contributed by atoms with van der Waals surface area (Å²) >= 11 is 0. The molecular weight excluding hydrogens is 252 g/mol. The lowest BCUT2D eigenvalue weighted by molar-refractivity contribution is 0.0341. The smallest absolute Gasteiger partial charge is 0.127 e. The largest absolute Gasteiger partial charge is 0.360 e. The van der Waals surface area contributed by atoms with Crippen LogP contribution in [0, 0.1) is 0 Å². The maximum absolute atomic E-state index is 5.72. The molecule has 2 aliphatic heterocycles. The van der Waals surface area contributed by atoms with E-state index in [9.17, 15) is 0 Å². The molecule has 4 nitrogen and oxygen atoms in total. The average Bonchev–Trinajstić information content (AvgIpc) is 2.50. The molecule has 0 radical (unpaired) electrons. The molecule has 0 aromatic heterocycles. The zero-order chi connectivity index (χ0) is 13.6. The molecule has 1 aromatic rings. The molecule has 0 aliphatic carbocycles. The monoisotopic (exact) mass is 276 g/mol. The summed E-state index contributed by atoms with van der Waals surface area (Å²) in [6.07, 6.45) is 7.33. The van der Waals surface area contributed by atoms with E-state index in [-0.39, 0.29) is 12.5 Å². The Morgan fingerprint density at radius 3 is 1.80 bits per heavy atom. The van der Waals surface area contributed by atoms with Crippen LogP contribution in [0.2, 0.25) is 0 Å². The topological polar surface area (TPSA) is 42.5 Å². The van der Waals surface area contributed by atoms with Crippen molar-refractivity contribution >= 4 is 11.4 Å². The summed E-state index contributed by atoms with van der Waals surface area (Å²) in [6.45, 7) is 1.73. The van der Waals surface area contributed by atoms with Gasteiger partial charge in [-0.1, -0.05) is 6.07 Å². The quantitative estimate of drug-likeness (QED) is 0.882.